The van der Waals surface area contributed by atoms with Gasteiger partial charge in [0.05, 0.1) is 22.1 Å². The Morgan fingerprint density at radius 2 is 0.846 bits per heavy atom. The summed E-state index contributed by atoms with van der Waals surface area (Å²) in [5.74, 6) is 10.4. The van der Waals surface area contributed by atoms with Gasteiger partial charge in [0.2, 0.25) is 0 Å². The van der Waals surface area contributed by atoms with Crippen LogP contribution in [0.5, 0.6) is 0 Å². The molecule has 0 saturated heterocycles. The summed E-state index contributed by atoms with van der Waals surface area (Å²) in [4.78, 5) is 40.2. The van der Waals surface area contributed by atoms with E-state index >= 15 is 0 Å². The fourth-order valence-corrected chi connectivity index (χ4v) is 25.5. The third kappa shape index (κ3) is 13.1. The first-order chi connectivity index (χ1) is 41.7. The fourth-order valence-electron chi connectivity index (χ4n) is 25.1. The number of aliphatic hydroxyl groups is 3. The SMILES string of the molecule is C.C.C.C[C@@]1(O)CC[C@@]2(C)[C@H](CC[C@@H]3[C@@H]2CC[C@]2(C)[C@@H](C(=O)CBr)CC[C@@H]32)C1.C[C@@]1(O)CC[C@@]2(C)[C@H](CC[C@@H]3[C@@H]2CC[C@]2(C)[C@@H](C(=O)Cn4cnnn4)CC[C@@H]32)C1.C[C@@]1(O)CC[C@@]2(C)[C@H](CC[C@@H]3[C@@H]2CC[C@]2(C)[C@@H](C(=O)Cn4ncnn4)CC[C@@H]32)C1.c1nn[nH]n1. The van der Waals surface area contributed by atoms with Crippen molar-refractivity contribution in [2.24, 2.45) is 121 Å². The Balaban J connectivity index is 0.000000153. The number of aromatic nitrogens is 12. The van der Waals surface area contributed by atoms with Gasteiger partial charge in [-0.1, -0.05) is 85.0 Å². The van der Waals surface area contributed by atoms with Gasteiger partial charge < -0.3 is 15.3 Å². The molecule has 91 heavy (non-hydrogen) atoms. The molecule has 0 unspecified atom stereocenters. The van der Waals surface area contributed by atoms with Gasteiger partial charge in [-0.2, -0.15) is 10.0 Å². The van der Waals surface area contributed by atoms with Crippen molar-refractivity contribution in [3.8, 4) is 0 Å². The lowest BCUT2D eigenvalue weighted by Crippen LogP contribution is -2.55. The minimum atomic E-state index is -0.472. The summed E-state index contributed by atoms with van der Waals surface area (Å²) in [5.41, 5.74) is 0.292. The van der Waals surface area contributed by atoms with Crippen molar-refractivity contribution in [3.63, 3.8) is 0 Å². The van der Waals surface area contributed by atoms with Gasteiger partial charge in [0.25, 0.3) is 0 Å². The number of nitrogens with one attached hydrogen (secondary N) is 1. The van der Waals surface area contributed by atoms with Crippen molar-refractivity contribution >= 4 is 33.3 Å². The number of hydrogen-bond donors (Lipinski definition) is 4. The molecule has 3 aromatic heterocycles. The predicted octanol–water partition coefficient (Wildman–Crippen LogP) is 13.8. The number of tetrazole rings is 3. The van der Waals surface area contributed by atoms with Crippen LogP contribution in [-0.2, 0) is 27.5 Å². The minimum absolute atomic E-state index is 0. The molecule has 0 amide bonds. The van der Waals surface area contributed by atoms with Crippen molar-refractivity contribution in [1.82, 2.24) is 61.0 Å². The molecule has 0 aromatic carbocycles. The molecule has 12 aliphatic carbocycles. The summed E-state index contributed by atoms with van der Waals surface area (Å²) in [6.07, 6.45) is 35.5. The number of fused-ring (bicyclic) bond motifs is 15. The molecule has 24 atom stereocenters. The smallest absolute Gasteiger partial charge is 0.162 e. The van der Waals surface area contributed by atoms with Gasteiger partial charge in [-0.25, -0.2) is 4.68 Å². The number of carbonyl (C=O) groups excluding carboxylic acids is 3. The van der Waals surface area contributed by atoms with Crippen LogP contribution in [0.25, 0.3) is 0 Å². The number of hydrogen-bond acceptors (Lipinski definition) is 15. The lowest BCUT2D eigenvalue weighted by Gasteiger charge is -2.61. The molecule has 0 spiro atoms. The van der Waals surface area contributed by atoms with Gasteiger partial charge in [0.15, 0.2) is 24.2 Å². The van der Waals surface area contributed by atoms with Crippen LogP contribution in [0.3, 0.4) is 0 Å². The predicted molar refractivity (Wildman–Crippen MR) is 356 cm³/mol. The van der Waals surface area contributed by atoms with Crippen LogP contribution in [-0.4, -0.2) is 116 Å². The molecule has 18 nitrogen and oxygen atoms in total. The van der Waals surface area contributed by atoms with E-state index < -0.39 is 16.8 Å². The van der Waals surface area contributed by atoms with Crippen LogP contribution >= 0.6 is 15.9 Å². The summed E-state index contributed by atoms with van der Waals surface area (Å²) >= 11 is 3.43. The zero-order valence-corrected chi connectivity index (χ0v) is 56.6. The van der Waals surface area contributed by atoms with Gasteiger partial charge >= 0.3 is 0 Å². The highest BCUT2D eigenvalue weighted by Crippen LogP contribution is 2.72. The summed E-state index contributed by atoms with van der Waals surface area (Å²) in [7, 11) is 0. The van der Waals surface area contributed by atoms with E-state index in [1.807, 2.05) is 20.8 Å². The van der Waals surface area contributed by atoms with E-state index in [1.54, 1.807) is 11.0 Å². The number of halogens is 1. The van der Waals surface area contributed by atoms with Gasteiger partial charge in [0, 0.05) is 17.8 Å². The Labute approximate surface area is 554 Å². The molecule has 512 valence electrons. The maximum Gasteiger partial charge on any atom is 0.162 e. The molecule has 12 aliphatic rings. The monoisotopic (exact) mass is 1330 g/mol. The number of Topliss-reactive ketones (excluding diaryl/α,β-unsaturated/α-hetero) is 3. The van der Waals surface area contributed by atoms with E-state index in [4.69, 9.17) is 0 Å². The van der Waals surface area contributed by atoms with Crippen molar-refractivity contribution in [2.75, 3.05) is 5.33 Å². The average Bonchev–Trinajstić information content (AvgIpc) is 1.72. The Bertz CT molecular complexity index is 2760. The first-order valence-electron chi connectivity index (χ1n) is 35.1. The van der Waals surface area contributed by atoms with E-state index in [0.29, 0.717) is 75.1 Å². The van der Waals surface area contributed by atoms with Crippen LogP contribution in [0, 0.1) is 121 Å². The first kappa shape index (κ1) is 71.9. The summed E-state index contributed by atoms with van der Waals surface area (Å²) in [6, 6.07) is 0. The van der Waals surface area contributed by atoms with Gasteiger partial charge in [0.1, 0.15) is 25.2 Å². The average molecular weight is 1330 g/mol. The van der Waals surface area contributed by atoms with E-state index in [0.717, 1.165) is 112 Å². The molecule has 19 heteroatoms. The standard InChI is InChI=1S/2C23H36N4O2.C22H35BrO2.CH2N4.3CH4/c1-21(29)10-11-22(2)15(12-21)4-5-16-17-6-7-19(23(17,3)9-8-18(16)22)20(28)13-27-14-24-25-26-27;1-21(29)10-11-22(2)15(12-21)4-5-16-17-6-7-19(23(17,3)9-8-18(16)22)20(28)13-27-25-14-24-26-27;1-20(25)10-11-21(2)14(12-20)4-5-15-16-6-7-18(19(24)13-23)22(16,3)9-8-17(15)21;1-2-4-5-3-1;;;/h2*14-19,29H,4-13H2,1-3H3;14-18,25H,4-13H2,1-3H3;1H,(H,2,3,4,5);3*1H4/t2*15-,16+,17+,18+,19-,21-,22+,23+;14-,15+,16+,17+,18-,20-,21+,22+;;;;/m111..../s1. The number of alkyl halides is 1. The Morgan fingerprint density at radius 1 is 0.451 bits per heavy atom. The largest absolute Gasteiger partial charge is 0.390 e. The fraction of sp³-hybridized carbons (Fsp3) is 0.917. The highest BCUT2D eigenvalue weighted by Gasteiger charge is 2.65. The quantitative estimate of drug-likeness (QED) is 0.153. The number of H-pyrrole nitrogens is 1. The van der Waals surface area contributed by atoms with Crippen LogP contribution in [0.1, 0.15) is 258 Å². The van der Waals surface area contributed by atoms with Crippen LogP contribution in [0.15, 0.2) is 19.0 Å². The molecule has 0 radical (unpaired) electrons. The molecule has 12 fully saturated rings. The Kier molecular flexibility index (Phi) is 21.2. The van der Waals surface area contributed by atoms with Crippen molar-refractivity contribution in [2.45, 2.75) is 288 Å². The molecule has 0 aliphatic heterocycles. The summed E-state index contributed by atoms with van der Waals surface area (Å²) < 4.78 is 1.57. The van der Waals surface area contributed by atoms with E-state index in [2.05, 4.69) is 109 Å². The zero-order chi connectivity index (χ0) is 62.5. The second-order valence-electron chi connectivity index (χ2n) is 34.2. The van der Waals surface area contributed by atoms with Crippen LogP contribution < -0.4 is 0 Å². The van der Waals surface area contributed by atoms with Crippen LogP contribution in [0.2, 0.25) is 0 Å². The first-order valence-corrected chi connectivity index (χ1v) is 36.2. The van der Waals surface area contributed by atoms with Gasteiger partial charge in [-0.3, -0.25) is 14.4 Å². The molecular formula is C72H121BrN12O6. The number of nitrogens with zero attached hydrogens (tertiary/aromatic N) is 11. The third-order valence-electron chi connectivity index (χ3n) is 29.8. The normalized spacial score (nSPS) is 46.9. The number of aromatic amines is 1. The van der Waals surface area contributed by atoms with Gasteiger partial charge in [-0.15, -0.1) is 25.5 Å². The second kappa shape index (κ2) is 26.9. The summed E-state index contributed by atoms with van der Waals surface area (Å²) in [5, 5.41) is 67.5. The van der Waals surface area contributed by atoms with E-state index in [1.165, 1.54) is 120 Å². The molecule has 4 N–H and O–H groups in total. The van der Waals surface area contributed by atoms with E-state index in [-0.39, 0.29) is 62.8 Å². The van der Waals surface area contributed by atoms with Crippen LogP contribution in [0.4, 0.5) is 0 Å². The molecule has 12 saturated carbocycles. The molecular weight excluding hydrogens is 1210 g/mol. The summed E-state index contributed by atoms with van der Waals surface area (Å²) in [6.45, 7) is 21.5. The van der Waals surface area contributed by atoms with Crippen molar-refractivity contribution in [3.05, 3.63) is 19.0 Å². The highest BCUT2D eigenvalue weighted by molar-refractivity contribution is 9.09. The molecule has 3 aromatic rings. The molecule has 0 bridgehead atoms. The third-order valence-corrected chi connectivity index (χ3v) is 30.4. The maximum atomic E-state index is 13.2. The Morgan fingerprint density at radius 3 is 1.18 bits per heavy atom. The number of ketones is 3. The molecule has 3 heterocycles. The maximum absolute atomic E-state index is 13.2. The highest BCUT2D eigenvalue weighted by atomic mass is 79.9. The lowest BCUT2D eigenvalue weighted by atomic mass is 9.44. The van der Waals surface area contributed by atoms with E-state index in [9.17, 15) is 29.7 Å². The lowest BCUT2D eigenvalue weighted by molar-refractivity contribution is -0.151. The van der Waals surface area contributed by atoms with Gasteiger partial charge in [-0.05, 0) is 313 Å². The topological polar surface area (TPSA) is 254 Å². The zero-order valence-electron chi connectivity index (χ0n) is 55.0. The molecule has 15 rings (SSSR count). The minimum Gasteiger partial charge on any atom is -0.390 e. The number of rotatable bonds is 8. The van der Waals surface area contributed by atoms with Crippen molar-refractivity contribution < 1.29 is 29.7 Å². The second-order valence-corrected chi connectivity index (χ2v) is 34.7. The number of carbonyl (C=O) groups is 3. The van der Waals surface area contributed by atoms with Crippen molar-refractivity contribution in [1.29, 1.82) is 0 Å². The Hall–Kier alpha value is -3.42.